The summed E-state index contributed by atoms with van der Waals surface area (Å²) < 4.78 is 12.8. The Kier molecular flexibility index (Phi) is 5.44. The standard InChI is InChI=1S/C24H17BrN2O3S/c25-18-8-9-19-22(13-18)31-24(26-19)27(14-17-4-2-1-3-5-17)23(28)11-7-16-6-10-20-21(12-16)30-15-29-20/h1-13H,14-15H2/b11-7+. The van der Waals surface area contributed by atoms with Crippen molar-refractivity contribution in [3.8, 4) is 11.5 Å². The fourth-order valence-corrected chi connectivity index (χ4v) is 4.80. The van der Waals surface area contributed by atoms with Crippen molar-refractivity contribution in [1.29, 1.82) is 0 Å². The highest BCUT2D eigenvalue weighted by Gasteiger charge is 2.19. The number of hydrogen-bond acceptors (Lipinski definition) is 5. The quantitative estimate of drug-likeness (QED) is 0.319. The second-order valence-electron chi connectivity index (χ2n) is 6.96. The number of thiazole rings is 1. The first-order valence-electron chi connectivity index (χ1n) is 9.65. The number of hydrogen-bond donors (Lipinski definition) is 0. The number of halogens is 1. The van der Waals surface area contributed by atoms with Gasteiger partial charge < -0.3 is 9.47 Å². The first-order valence-corrected chi connectivity index (χ1v) is 11.3. The summed E-state index contributed by atoms with van der Waals surface area (Å²) in [4.78, 5) is 19.7. The van der Waals surface area contributed by atoms with Crippen molar-refractivity contribution in [2.45, 2.75) is 6.54 Å². The van der Waals surface area contributed by atoms with Crippen LogP contribution in [0.4, 0.5) is 5.13 Å². The van der Waals surface area contributed by atoms with Crippen LogP contribution in [0.5, 0.6) is 11.5 Å². The molecule has 1 amide bonds. The van der Waals surface area contributed by atoms with Crippen LogP contribution in [0.2, 0.25) is 0 Å². The molecule has 5 rings (SSSR count). The Morgan fingerprint density at radius 1 is 1.06 bits per heavy atom. The van der Waals surface area contributed by atoms with Crippen LogP contribution >= 0.6 is 27.3 Å². The fraction of sp³-hybridized carbons (Fsp3) is 0.0833. The number of carbonyl (C=O) groups is 1. The van der Waals surface area contributed by atoms with Crippen molar-refractivity contribution in [1.82, 2.24) is 4.98 Å². The Morgan fingerprint density at radius 2 is 1.90 bits per heavy atom. The van der Waals surface area contributed by atoms with Gasteiger partial charge in [0.15, 0.2) is 16.6 Å². The van der Waals surface area contributed by atoms with Gasteiger partial charge in [0.1, 0.15) is 0 Å². The van der Waals surface area contributed by atoms with Crippen molar-refractivity contribution in [3.63, 3.8) is 0 Å². The molecule has 0 fully saturated rings. The lowest BCUT2D eigenvalue weighted by atomic mass is 10.2. The number of benzene rings is 3. The van der Waals surface area contributed by atoms with Gasteiger partial charge in [0.25, 0.3) is 5.91 Å². The van der Waals surface area contributed by atoms with Gasteiger partial charge >= 0.3 is 0 Å². The van der Waals surface area contributed by atoms with Crippen LogP contribution in [0.1, 0.15) is 11.1 Å². The summed E-state index contributed by atoms with van der Waals surface area (Å²) in [6, 6.07) is 21.4. The van der Waals surface area contributed by atoms with Gasteiger partial charge in [-0.25, -0.2) is 4.98 Å². The molecule has 0 saturated heterocycles. The lowest BCUT2D eigenvalue weighted by molar-refractivity contribution is -0.114. The van der Waals surface area contributed by atoms with Crippen molar-refractivity contribution < 1.29 is 14.3 Å². The van der Waals surface area contributed by atoms with E-state index in [1.807, 2.05) is 66.7 Å². The van der Waals surface area contributed by atoms with Gasteiger partial charge in [0, 0.05) is 10.5 Å². The Hall–Kier alpha value is -3.16. The second-order valence-corrected chi connectivity index (χ2v) is 8.89. The molecular weight excluding hydrogens is 476 g/mol. The van der Waals surface area contributed by atoms with Crippen molar-refractivity contribution >= 4 is 54.6 Å². The Balaban J connectivity index is 1.46. The number of nitrogens with zero attached hydrogens (tertiary/aromatic N) is 2. The number of fused-ring (bicyclic) bond motifs is 2. The predicted molar refractivity (Wildman–Crippen MR) is 127 cm³/mol. The second kappa shape index (κ2) is 8.53. The molecule has 0 atom stereocenters. The number of ether oxygens (including phenoxy) is 2. The molecule has 154 valence electrons. The molecular formula is C24H17BrN2O3S. The van der Waals surface area contributed by atoms with E-state index in [2.05, 4.69) is 15.9 Å². The van der Waals surface area contributed by atoms with Crippen molar-refractivity contribution in [3.05, 3.63) is 88.4 Å². The highest BCUT2D eigenvalue weighted by atomic mass is 79.9. The molecule has 5 nitrogen and oxygen atoms in total. The molecule has 2 heterocycles. The smallest absolute Gasteiger partial charge is 0.253 e. The van der Waals surface area contributed by atoms with E-state index in [1.54, 1.807) is 17.1 Å². The van der Waals surface area contributed by atoms with Gasteiger partial charge in [-0.15, -0.1) is 0 Å². The zero-order valence-electron chi connectivity index (χ0n) is 16.3. The monoisotopic (exact) mass is 492 g/mol. The van der Waals surface area contributed by atoms with E-state index >= 15 is 0 Å². The molecule has 31 heavy (non-hydrogen) atoms. The number of aromatic nitrogens is 1. The Labute approximate surface area is 191 Å². The van der Waals surface area contributed by atoms with Crippen LogP contribution in [0.15, 0.2) is 77.3 Å². The average Bonchev–Trinajstić information content (AvgIpc) is 3.42. The first kappa shape index (κ1) is 19.8. The van der Waals surface area contributed by atoms with E-state index in [9.17, 15) is 4.79 Å². The summed E-state index contributed by atoms with van der Waals surface area (Å²) in [5.41, 5.74) is 2.77. The zero-order chi connectivity index (χ0) is 21.2. The summed E-state index contributed by atoms with van der Waals surface area (Å²) in [5.74, 6) is 1.27. The molecule has 0 saturated carbocycles. The van der Waals surface area contributed by atoms with E-state index in [4.69, 9.17) is 14.5 Å². The molecule has 0 N–H and O–H groups in total. The van der Waals surface area contributed by atoms with Gasteiger partial charge in [-0.05, 0) is 47.5 Å². The maximum Gasteiger partial charge on any atom is 0.253 e. The number of anilines is 1. The minimum Gasteiger partial charge on any atom is -0.454 e. The van der Waals surface area contributed by atoms with Gasteiger partial charge in [-0.2, -0.15) is 0 Å². The van der Waals surface area contributed by atoms with Crippen molar-refractivity contribution in [2.75, 3.05) is 11.7 Å². The molecule has 7 heteroatoms. The third-order valence-electron chi connectivity index (χ3n) is 4.83. The van der Waals surface area contributed by atoms with Crippen LogP contribution in [-0.4, -0.2) is 17.7 Å². The Morgan fingerprint density at radius 3 is 2.77 bits per heavy atom. The first-order chi connectivity index (χ1) is 15.2. The number of carbonyl (C=O) groups excluding carboxylic acids is 1. The van der Waals surface area contributed by atoms with Gasteiger partial charge in [0.05, 0.1) is 16.8 Å². The molecule has 1 aliphatic rings. The highest BCUT2D eigenvalue weighted by molar-refractivity contribution is 9.10. The molecule has 3 aromatic carbocycles. The van der Waals surface area contributed by atoms with Crippen LogP contribution in [-0.2, 0) is 11.3 Å². The van der Waals surface area contributed by atoms with Gasteiger partial charge in [-0.3, -0.25) is 9.69 Å². The fourth-order valence-electron chi connectivity index (χ4n) is 3.28. The maximum absolute atomic E-state index is 13.2. The van der Waals surface area contributed by atoms with Crippen LogP contribution in [0.3, 0.4) is 0 Å². The molecule has 1 aliphatic heterocycles. The molecule has 0 unspecified atom stereocenters. The van der Waals surface area contributed by atoms with E-state index in [0.717, 1.165) is 31.6 Å². The van der Waals surface area contributed by atoms with E-state index in [1.165, 1.54) is 11.3 Å². The van der Waals surface area contributed by atoms with Gasteiger partial charge in [0.2, 0.25) is 6.79 Å². The highest BCUT2D eigenvalue weighted by Crippen LogP contribution is 2.34. The molecule has 1 aromatic heterocycles. The third kappa shape index (κ3) is 4.33. The lowest BCUT2D eigenvalue weighted by Crippen LogP contribution is -2.28. The molecule has 0 bridgehead atoms. The minimum absolute atomic E-state index is 0.139. The van der Waals surface area contributed by atoms with Crippen LogP contribution in [0.25, 0.3) is 16.3 Å². The summed E-state index contributed by atoms with van der Waals surface area (Å²) in [5, 5.41) is 0.664. The summed E-state index contributed by atoms with van der Waals surface area (Å²) >= 11 is 5.00. The van der Waals surface area contributed by atoms with Crippen molar-refractivity contribution in [2.24, 2.45) is 0 Å². The zero-order valence-corrected chi connectivity index (χ0v) is 18.7. The SMILES string of the molecule is O=C(/C=C/c1ccc2c(c1)OCO2)N(Cc1ccccc1)c1nc2ccc(Br)cc2s1. The number of amides is 1. The van der Waals surface area contributed by atoms with E-state index in [-0.39, 0.29) is 12.7 Å². The minimum atomic E-state index is -0.139. The van der Waals surface area contributed by atoms with E-state index in [0.29, 0.717) is 17.4 Å². The number of rotatable bonds is 5. The molecule has 0 aliphatic carbocycles. The Bertz CT molecular complexity index is 1290. The summed E-state index contributed by atoms with van der Waals surface area (Å²) in [6.45, 7) is 0.659. The van der Waals surface area contributed by atoms with Crippen LogP contribution in [0, 0.1) is 0 Å². The van der Waals surface area contributed by atoms with E-state index < -0.39 is 0 Å². The maximum atomic E-state index is 13.2. The predicted octanol–water partition coefficient (Wildman–Crippen LogP) is 6.03. The average molecular weight is 493 g/mol. The van der Waals surface area contributed by atoms with Gasteiger partial charge in [-0.1, -0.05) is 63.7 Å². The molecule has 0 spiro atoms. The lowest BCUT2D eigenvalue weighted by Gasteiger charge is -2.18. The largest absolute Gasteiger partial charge is 0.454 e. The summed E-state index contributed by atoms with van der Waals surface area (Å²) in [7, 11) is 0. The third-order valence-corrected chi connectivity index (χ3v) is 6.37. The normalized spacial score (nSPS) is 12.5. The molecule has 0 radical (unpaired) electrons. The molecule has 4 aromatic rings. The topological polar surface area (TPSA) is 51.7 Å². The summed E-state index contributed by atoms with van der Waals surface area (Å²) in [6.07, 6.45) is 3.36. The van der Waals surface area contributed by atoms with Crippen LogP contribution < -0.4 is 14.4 Å².